The lowest BCUT2D eigenvalue weighted by molar-refractivity contribution is -0.113. The van der Waals surface area contributed by atoms with Gasteiger partial charge in [0.1, 0.15) is 5.75 Å². The third-order valence-corrected chi connectivity index (χ3v) is 4.30. The molecule has 0 radical (unpaired) electrons. The van der Waals surface area contributed by atoms with E-state index >= 15 is 0 Å². The van der Waals surface area contributed by atoms with Gasteiger partial charge in [-0.2, -0.15) is 8.78 Å². The highest BCUT2D eigenvalue weighted by Crippen LogP contribution is 2.27. The van der Waals surface area contributed by atoms with Crippen molar-refractivity contribution in [3.05, 3.63) is 60.2 Å². The Hall–Kier alpha value is -2.08. The molecule has 0 fully saturated rings. The molecule has 6 heteroatoms. The minimum absolute atomic E-state index is 0.0603. The molecular weight excluding hydrogens is 320 g/mol. The summed E-state index contributed by atoms with van der Waals surface area (Å²) in [5, 5.41) is 2.94. The number of hydrogen-bond donors (Lipinski definition) is 1. The molecule has 0 aliphatic carbocycles. The quantitative estimate of drug-likeness (QED) is 0.794. The van der Waals surface area contributed by atoms with Crippen LogP contribution in [0.2, 0.25) is 0 Å². The fourth-order valence-electron chi connectivity index (χ4n) is 1.94. The number of benzene rings is 2. The number of amides is 1. The van der Waals surface area contributed by atoms with Gasteiger partial charge in [0.25, 0.3) is 0 Å². The summed E-state index contributed by atoms with van der Waals surface area (Å²) in [5.74, 6) is 0.233. The van der Waals surface area contributed by atoms with Crippen molar-refractivity contribution in [3.8, 4) is 5.75 Å². The lowest BCUT2D eigenvalue weighted by Gasteiger charge is -2.12. The van der Waals surface area contributed by atoms with E-state index in [9.17, 15) is 13.6 Å². The summed E-state index contributed by atoms with van der Waals surface area (Å²) >= 11 is 1.53. The van der Waals surface area contributed by atoms with E-state index in [2.05, 4.69) is 10.1 Å². The minimum atomic E-state index is -2.86. The monoisotopic (exact) mass is 337 g/mol. The molecule has 3 nitrogen and oxygen atoms in total. The van der Waals surface area contributed by atoms with Crippen molar-refractivity contribution < 1.29 is 18.3 Å². The maximum absolute atomic E-state index is 12.1. The SMILES string of the molecule is C[C@H](SCC(=O)Nc1ccc(OC(F)F)cc1)c1ccccc1. The molecule has 1 atom stereocenters. The van der Waals surface area contributed by atoms with Crippen molar-refractivity contribution in [2.24, 2.45) is 0 Å². The molecule has 2 aromatic rings. The van der Waals surface area contributed by atoms with Crippen LogP contribution >= 0.6 is 11.8 Å². The molecule has 2 aromatic carbocycles. The predicted octanol–water partition coefficient (Wildman–Crippen LogP) is 4.72. The second kappa shape index (κ2) is 8.53. The normalized spacial score (nSPS) is 12.0. The van der Waals surface area contributed by atoms with Crippen LogP contribution in [-0.2, 0) is 4.79 Å². The zero-order valence-electron chi connectivity index (χ0n) is 12.5. The molecule has 1 amide bonds. The van der Waals surface area contributed by atoms with E-state index in [1.807, 2.05) is 37.3 Å². The Labute approximate surface area is 138 Å². The molecule has 0 unspecified atom stereocenters. The summed E-state index contributed by atoms with van der Waals surface area (Å²) in [6.45, 7) is -0.810. The van der Waals surface area contributed by atoms with Crippen molar-refractivity contribution in [2.75, 3.05) is 11.1 Å². The van der Waals surface area contributed by atoms with Gasteiger partial charge >= 0.3 is 6.61 Å². The topological polar surface area (TPSA) is 38.3 Å². The summed E-state index contributed by atoms with van der Waals surface area (Å²) < 4.78 is 28.4. The van der Waals surface area contributed by atoms with E-state index in [4.69, 9.17) is 0 Å². The number of carbonyl (C=O) groups excluding carboxylic acids is 1. The summed E-state index contributed by atoms with van der Waals surface area (Å²) in [6.07, 6.45) is 0. The maximum atomic E-state index is 12.1. The summed E-state index contributed by atoms with van der Waals surface area (Å²) in [5.41, 5.74) is 1.71. The average molecular weight is 337 g/mol. The molecule has 122 valence electrons. The molecular formula is C17H17F2NO2S. The number of hydrogen-bond acceptors (Lipinski definition) is 3. The first-order valence-electron chi connectivity index (χ1n) is 7.06. The molecule has 0 aliphatic rings. The van der Waals surface area contributed by atoms with E-state index in [-0.39, 0.29) is 16.9 Å². The Morgan fingerprint density at radius 2 is 1.78 bits per heavy atom. The van der Waals surface area contributed by atoms with Gasteiger partial charge in [0.15, 0.2) is 0 Å². The van der Waals surface area contributed by atoms with E-state index in [0.29, 0.717) is 11.4 Å². The highest BCUT2D eigenvalue weighted by molar-refractivity contribution is 8.00. The molecule has 2 rings (SSSR count). The van der Waals surface area contributed by atoms with Crippen molar-refractivity contribution >= 4 is 23.4 Å². The minimum Gasteiger partial charge on any atom is -0.435 e. The number of anilines is 1. The van der Waals surface area contributed by atoms with Crippen LogP contribution in [0.5, 0.6) is 5.75 Å². The number of carbonyl (C=O) groups is 1. The summed E-state index contributed by atoms with van der Waals surface area (Å²) in [6, 6.07) is 15.8. The molecule has 0 bridgehead atoms. The van der Waals surface area contributed by atoms with Gasteiger partial charge in [-0.15, -0.1) is 11.8 Å². The molecule has 0 spiro atoms. The Morgan fingerprint density at radius 3 is 2.39 bits per heavy atom. The van der Waals surface area contributed by atoms with Gasteiger partial charge in [-0.05, 0) is 36.8 Å². The summed E-state index contributed by atoms with van der Waals surface area (Å²) in [4.78, 5) is 11.9. The van der Waals surface area contributed by atoms with E-state index in [1.54, 1.807) is 0 Å². The molecule has 1 N–H and O–H groups in total. The lowest BCUT2D eigenvalue weighted by Crippen LogP contribution is -2.14. The van der Waals surface area contributed by atoms with Gasteiger partial charge in [0, 0.05) is 10.9 Å². The van der Waals surface area contributed by atoms with Crippen LogP contribution in [0.3, 0.4) is 0 Å². The van der Waals surface area contributed by atoms with Crippen LogP contribution in [0.15, 0.2) is 54.6 Å². The second-order valence-electron chi connectivity index (χ2n) is 4.81. The van der Waals surface area contributed by atoms with Crippen LogP contribution in [0.25, 0.3) is 0 Å². The third-order valence-electron chi connectivity index (χ3n) is 3.10. The molecule has 0 saturated heterocycles. The van der Waals surface area contributed by atoms with Crippen molar-refractivity contribution in [1.29, 1.82) is 0 Å². The molecule has 23 heavy (non-hydrogen) atoms. The Kier molecular flexibility index (Phi) is 6.40. The Bertz CT molecular complexity index is 620. The Balaban J connectivity index is 1.80. The van der Waals surface area contributed by atoms with Gasteiger partial charge in [0.2, 0.25) is 5.91 Å². The first kappa shape index (κ1) is 17.3. The Morgan fingerprint density at radius 1 is 1.13 bits per heavy atom. The third kappa shape index (κ3) is 5.90. The van der Waals surface area contributed by atoms with Crippen LogP contribution in [0.4, 0.5) is 14.5 Å². The van der Waals surface area contributed by atoms with E-state index < -0.39 is 6.61 Å². The van der Waals surface area contributed by atoms with Gasteiger partial charge in [-0.3, -0.25) is 4.79 Å². The van der Waals surface area contributed by atoms with Crippen LogP contribution < -0.4 is 10.1 Å². The highest BCUT2D eigenvalue weighted by Gasteiger charge is 2.10. The maximum Gasteiger partial charge on any atom is 0.387 e. The predicted molar refractivity (Wildman–Crippen MR) is 89.0 cm³/mol. The average Bonchev–Trinajstić information content (AvgIpc) is 2.55. The number of rotatable bonds is 7. The molecule has 0 saturated carbocycles. The fraction of sp³-hybridized carbons (Fsp3) is 0.235. The first-order chi connectivity index (χ1) is 11.0. The van der Waals surface area contributed by atoms with E-state index in [0.717, 1.165) is 0 Å². The van der Waals surface area contributed by atoms with Gasteiger partial charge in [-0.25, -0.2) is 0 Å². The zero-order chi connectivity index (χ0) is 16.7. The van der Waals surface area contributed by atoms with Crippen molar-refractivity contribution in [2.45, 2.75) is 18.8 Å². The molecule has 0 aliphatic heterocycles. The van der Waals surface area contributed by atoms with Crippen LogP contribution in [0.1, 0.15) is 17.7 Å². The highest BCUT2D eigenvalue weighted by atomic mass is 32.2. The molecule has 0 aromatic heterocycles. The first-order valence-corrected chi connectivity index (χ1v) is 8.11. The zero-order valence-corrected chi connectivity index (χ0v) is 13.4. The molecule has 0 heterocycles. The number of alkyl halides is 2. The van der Waals surface area contributed by atoms with Crippen molar-refractivity contribution in [3.63, 3.8) is 0 Å². The lowest BCUT2D eigenvalue weighted by atomic mass is 10.2. The number of ether oxygens (including phenoxy) is 1. The smallest absolute Gasteiger partial charge is 0.387 e. The van der Waals surface area contributed by atoms with Gasteiger partial charge in [0.05, 0.1) is 5.75 Å². The number of nitrogens with one attached hydrogen (secondary N) is 1. The second-order valence-corrected chi connectivity index (χ2v) is 6.14. The van der Waals surface area contributed by atoms with Gasteiger partial charge < -0.3 is 10.1 Å². The van der Waals surface area contributed by atoms with Gasteiger partial charge in [-0.1, -0.05) is 30.3 Å². The van der Waals surface area contributed by atoms with E-state index in [1.165, 1.54) is 41.6 Å². The number of halogens is 2. The van der Waals surface area contributed by atoms with Crippen LogP contribution in [-0.4, -0.2) is 18.3 Å². The van der Waals surface area contributed by atoms with Crippen LogP contribution in [0, 0.1) is 0 Å². The fourth-order valence-corrected chi connectivity index (χ4v) is 2.76. The van der Waals surface area contributed by atoms with Crippen molar-refractivity contribution in [1.82, 2.24) is 0 Å². The summed E-state index contributed by atoms with van der Waals surface area (Å²) in [7, 11) is 0. The largest absolute Gasteiger partial charge is 0.435 e. The number of thioether (sulfide) groups is 1. The standard InChI is InChI=1S/C17H17F2NO2S/c1-12(13-5-3-2-4-6-13)23-11-16(21)20-14-7-9-15(10-8-14)22-17(18)19/h2-10,12,17H,11H2,1H3,(H,20,21)/t12-/m0/s1.